The van der Waals surface area contributed by atoms with Crippen LogP contribution in [0.2, 0.25) is 0 Å². The van der Waals surface area contributed by atoms with Crippen LogP contribution in [-0.2, 0) is 13.0 Å². The summed E-state index contributed by atoms with van der Waals surface area (Å²) in [5.74, 6) is 2.45. The standard InChI is InChI=1S/C15H25N7O/c1-12(2)14-20-13(23-21-14)6-9-18-15(16-3)17-7-4-10-22-11-5-8-19-22/h5,8,11-12H,4,6-7,9-10H2,1-3H3,(H2,16,17,18). The SMILES string of the molecule is CN=C(NCCCn1cccn1)NCCc1nc(C(C)C)no1. The Morgan fingerprint density at radius 3 is 2.83 bits per heavy atom. The van der Waals surface area contributed by atoms with E-state index in [4.69, 9.17) is 4.52 Å². The van der Waals surface area contributed by atoms with Gasteiger partial charge in [0, 0.05) is 51.4 Å². The van der Waals surface area contributed by atoms with Gasteiger partial charge in [0.05, 0.1) is 0 Å². The number of guanidine groups is 1. The van der Waals surface area contributed by atoms with Crippen molar-refractivity contribution in [2.24, 2.45) is 4.99 Å². The molecule has 0 saturated heterocycles. The molecule has 2 N–H and O–H groups in total. The Hall–Kier alpha value is -2.38. The maximum absolute atomic E-state index is 5.21. The summed E-state index contributed by atoms with van der Waals surface area (Å²) in [7, 11) is 1.76. The molecule has 0 unspecified atom stereocenters. The molecule has 2 rings (SSSR count). The van der Waals surface area contributed by atoms with Crippen LogP contribution in [0.25, 0.3) is 0 Å². The molecule has 0 aliphatic carbocycles. The molecular formula is C15H25N7O. The second-order valence-corrected chi connectivity index (χ2v) is 5.50. The largest absolute Gasteiger partial charge is 0.356 e. The smallest absolute Gasteiger partial charge is 0.228 e. The van der Waals surface area contributed by atoms with Gasteiger partial charge in [-0.2, -0.15) is 10.1 Å². The summed E-state index contributed by atoms with van der Waals surface area (Å²) < 4.78 is 7.13. The maximum atomic E-state index is 5.21. The number of aromatic nitrogens is 4. The molecule has 0 atom stereocenters. The third-order valence-corrected chi connectivity index (χ3v) is 3.27. The minimum absolute atomic E-state index is 0.282. The average Bonchev–Trinajstić information content (AvgIpc) is 3.21. The van der Waals surface area contributed by atoms with Crippen LogP contribution in [0.4, 0.5) is 0 Å². The lowest BCUT2D eigenvalue weighted by atomic mass is 10.2. The Balaban J connectivity index is 1.62. The Labute approximate surface area is 136 Å². The van der Waals surface area contributed by atoms with Gasteiger partial charge in [-0.3, -0.25) is 9.67 Å². The van der Waals surface area contributed by atoms with Crippen LogP contribution < -0.4 is 10.6 Å². The molecule has 8 heteroatoms. The highest BCUT2D eigenvalue weighted by Gasteiger charge is 2.09. The first-order valence-corrected chi connectivity index (χ1v) is 7.93. The Bertz CT molecular complexity index is 589. The molecule has 2 heterocycles. The van der Waals surface area contributed by atoms with Crippen molar-refractivity contribution in [1.82, 2.24) is 30.6 Å². The fourth-order valence-electron chi connectivity index (χ4n) is 1.99. The second-order valence-electron chi connectivity index (χ2n) is 5.50. The average molecular weight is 319 g/mol. The molecule has 0 aliphatic rings. The highest BCUT2D eigenvalue weighted by atomic mass is 16.5. The van der Waals surface area contributed by atoms with Gasteiger partial charge in [-0.15, -0.1) is 0 Å². The fraction of sp³-hybridized carbons (Fsp3) is 0.600. The van der Waals surface area contributed by atoms with E-state index < -0.39 is 0 Å². The summed E-state index contributed by atoms with van der Waals surface area (Å²) in [6, 6.07) is 1.93. The monoisotopic (exact) mass is 319 g/mol. The van der Waals surface area contributed by atoms with Crippen molar-refractivity contribution in [3.63, 3.8) is 0 Å². The summed E-state index contributed by atoms with van der Waals surface area (Å²) >= 11 is 0. The highest BCUT2D eigenvalue weighted by molar-refractivity contribution is 5.79. The first-order chi connectivity index (χ1) is 11.2. The fourth-order valence-corrected chi connectivity index (χ4v) is 1.99. The molecule has 0 fully saturated rings. The number of nitrogens with zero attached hydrogens (tertiary/aromatic N) is 5. The predicted molar refractivity (Wildman–Crippen MR) is 88.3 cm³/mol. The third-order valence-electron chi connectivity index (χ3n) is 3.27. The summed E-state index contributed by atoms with van der Waals surface area (Å²) in [5, 5.41) is 14.6. The van der Waals surface area contributed by atoms with Crippen LogP contribution in [0.15, 0.2) is 28.0 Å². The van der Waals surface area contributed by atoms with Crippen molar-refractivity contribution >= 4 is 5.96 Å². The minimum Gasteiger partial charge on any atom is -0.356 e. The molecule has 2 aromatic rings. The first-order valence-electron chi connectivity index (χ1n) is 7.93. The van der Waals surface area contributed by atoms with Crippen LogP contribution >= 0.6 is 0 Å². The molecule has 0 aliphatic heterocycles. The number of aliphatic imine (C=N–C) groups is 1. The van der Waals surface area contributed by atoms with Crippen LogP contribution in [0, 0.1) is 0 Å². The van der Waals surface area contributed by atoms with Crippen molar-refractivity contribution < 1.29 is 4.52 Å². The topological polar surface area (TPSA) is 93.2 Å². The summed E-state index contributed by atoms with van der Waals surface area (Å²) in [4.78, 5) is 8.54. The van der Waals surface area contributed by atoms with Crippen LogP contribution in [0.1, 0.15) is 37.9 Å². The number of nitrogens with one attached hydrogen (secondary N) is 2. The normalized spacial score (nSPS) is 11.9. The Morgan fingerprint density at radius 1 is 1.35 bits per heavy atom. The van der Waals surface area contributed by atoms with E-state index in [0.717, 1.165) is 31.3 Å². The quantitative estimate of drug-likeness (QED) is 0.431. The van der Waals surface area contributed by atoms with Crippen LogP contribution in [0.5, 0.6) is 0 Å². The van der Waals surface area contributed by atoms with E-state index >= 15 is 0 Å². The molecular weight excluding hydrogens is 294 g/mol. The van der Waals surface area contributed by atoms with E-state index in [1.54, 1.807) is 13.2 Å². The zero-order valence-corrected chi connectivity index (χ0v) is 14.0. The van der Waals surface area contributed by atoms with Gasteiger partial charge >= 0.3 is 0 Å². The molecule has 0 spiro atoms. The summed E-state index contributed by atoms with van der Waals surface area (Å²) in [6.45, 7) is 6.50. The summed E-state index contributed by atoms with van der Waals surface area (Å²) in [5.41, 5.74) is 0. The lowest BCUT2D eigenvalue weighted by Crippen LogP contribution is -2.39. The molecule has 0 radical (unpaired) electrons. The lowest BCUT2D eigenvalue weighted by molar-refractivity contribution is 0.371. The van der Waals surface area contributed by atoms with E-state index in [1.807, 2.05) is 30.8 Å². The van der Waals surface area contributed by atoms with E-state index in [2.05, 4.69) is 30.9 Å². The Kier molecular flexibility index (Phi) is 6.58. The van der Waals surface area contributed by atoms with Gasteiger partial charge in [-0.05, 0) is 12.5 Å². The minimum atomic E-state index is 0.282. The predicted octanol–water partition coefficient (Wildman–Crippen LogP) is 1.19. The van der Waals surface area contributed by atoms with Crippen LogP contribution in [-0.4, -0.2) is 46.0 Å². The zero-order chi connectivity index (χ0) is 16.5. The number of rotatable bonds is 8. The van der Waals surface area contributed by atoms with Gasteiger partial charge in [0.25, 0.3) is 0 Å². The molecule has 0 aromatic carbocycles. The summed E-state index contributed by atoms with van der Waals surface area (Å²) in [6.07, 6.45) is 5.40. The molecule has 0 saturated carbocycles. The van der Waals surface area contributed by atoms with Crippen molar-refractivity contribution in [2.75, 3.05) is 20.1 Å². The first kappa shape index (κ1) is 17.0. The van der Waals surface area contributed by atoms with E-state index in [9.17, 15) is 0 Å². The maximum Gasteiger partial charge on any atom is 0.228 e. The molecule has 23 heavy (non-hydrogen) atoms. The van der Waals surface area contributed by atoms with Gasteiger partial charge in [-0.1, -0.05) is 19.0 Å². The van der Waals surface area contributed by atoms with Gasteiger partial charge in [0.2, 0.25) is 5.89 Å². The van der Waals surface area contributed by atoms with E-state index in [-0.39, 0.29) is 5.92 Å². The Morgan fingerprint density at radius 2 is 2.17 bits per heavy atom. The third kappa shape index (κ3) is 5.72. The number of hydrogen-bond donors (Lipinski definition) is 2. The number of aryl methyl sites for hydroxylation is 1. The van der Waals surface area contributed by atoms with Crippen molar-refractivity contribution in [3.05, 3.63) is 30.2 Å². The van der Waals surface area contributed by atoms with Crippen molar-refractivity contribution in [1.29, 1.82) is 0 Å². The molecule has 8 nitrogen and oxygen atoms in total. The number of hydrogen-bond acceptors (Lipinski definition) is 5. The zero-order valence-electron chi connectivity index (χ0n) is 14.0. The second kappa shape index (κ2) is 8.92. The van der Waals surface area contributed by atoms with Gasteiger partial charge in [-0.25, -0.2) is 0 Å². The van der Waals surface area contributed by atoms with E-state index in [0.29, 0.717) is 18.9 Å². The van der Waals surface area contributed by atoms with Gasteiger partial charge in [0.1, 0.15) is 0 Å². The molecule has 126 valence electrons. The molecule has 2 aromatic heterocycles. The lowest BCUT2D eigenvalue weighted by Gasteiger charge is -2.11. The molecule has 0 amide bonds. The highest BCUT2D eigenvalue weighted by Crippen LogP contribution is 2.09. The molecule has 0 bridgehead atoms. The van der Waals surface area contributed by atoms with Gasteiger partial charge in [0.15, 0.2) is 11.8 Å². The van der Waals surface area contributed by atoms with Gasteiger partial charge < -0.3 is 15.2 Å². The van der Waals surface area contributed by atoms with E-state index in [1.165, 1.54) is 0 Å². The van der Waals surface area contributed by atoms with Crippen molar-refractivity contribution in [3.8, 4) is 0 Å². The van der Waals surface area contributed by atoms with Crippen molar-refractivity contribution in [2.45, 2.75) is 39.2 Å². The van der Waals surface area contributed by atoms with Crippen LogP contribution in [0.3, 0.4) is 0 Å².